The SMILES string of the molecule is CC(=O)O[C@H]1C=C[C@]2(C)[C@@H](O)C[C@@H](OC(C)=O)/C(C)=C\[C@@H]3OC(=O)[C@]4(C)O[C@]34[C@@H](OC(C)=O)[C@H]2[C@@]1(C)O. The number of rotatable bonds is 3. The van der Waals surface area contributed by atoms with Crippen LogP contribution < -0.4 is 0 Å². The number of fused-ring (bicyclic) bond motifs is 1. The molecule has 0 unspecified atom stereocenters. The molecule has 0 aromatic heterocycles. The number of carbonyl (C=O) groups is 4. The Morgan fingerprint density at radius 2 is 1.62 bits per heavy atom. The van der Waals surface area contributed by atoms with Gasteiger partial charge in [0.25, 0.3) is 0 Å². The number of carbonyl (C=O) groups excluding carboxylic acids is 4. The van der Waals surface area contributed by atoms with Gasteiger partial charge in [-0.25, -0.2) is 4.79 Å². The summed E-state index contributed by atoms with van der Waals surface area (Å²) >= 11 is 0. The molecule has 37 heavy (non-hydrogen) atoms. The number of esters is 4. The second-order valence-electron chi connectivity index (χ2n) is 11.0. The van der Waals surface area contributed by atoms with Gasteiger partial charge < -0.3 is 33.9 Å². The van der Waals surface area contributed by atoms with Crippen molar-refractivity contribution in [2.75, 3.05) is 0 Å². The summed E-state index contributed by atoms with van der Waals surface area (Å²) in [7, 11) is 0. The Bertz CT molecular complexity index is 1090. The van der Waals surface area contributed by atoms with E-state index < -0.39 is 82.5 Å². The third-order valence-corrected chi connectivity index (χ3v) is 8.33. The van der Waals surface area contributed by atoms with Crippen LogP contribution in [0.15, 0.2) is 23.8 Å². The molecule has 2 saturated heterocycles. The van der Waals surface area contributed by atoms with Crippen molar-refractivity contribution in [2.45, 2.75) is 102 Å². The first kappa shape index (κ1) is 27.3. The van der Waals surface area contributed by atoms with Crippen LogP contribution >= 0.6 is 0 Å². The van der Waals surface area contributed by atoms with Crippen molar-refractivity contribution in [3.63, 3.8) is 0 Å². The predicted molar refractivity (Wildman–Crippen MR) is 125 cm³/mol. The van der Waals surface area contributed by atoms with Crippen LogP contribution in [0.5, 0.6) is 0 Å². The molecule has 0 aromatic carbocycles. The molecule has 1 spiro atoms. The van der Waals surface area contributed by atoms with E-state index in [9.17, 15) is 29.4 Å². The Balaban J connectivity index is 1.99. The highest BCUT2D eigenvalue weighted by Gasteiger charge is 2.87. The Hall–Kier alpha value is -2.76. The van der Waals surface area contributed by atoms with Gasteiger partial charge in [-0.1, -0.05) is 13.0 Å². The fraction of sp³-hybridized carbons (Fsp3) is 0.692. The molecule has 4 rings (SSSR count). The fourth-order valence-corrected chi connectivity index (χ4v) is 6.41. The van der Waals surface area contributed by atoms with Crippen molar-refractivity contribution in [2.24, 2.45) is 11.3 Å². The topological polar surface area (TPSA) is 158 Å². The lowest BCUT2D eigenvalue weighted by molar-refractivity contribution is -0.216. The summed E-state index contributed by atoms with van der Waals surface area (Å²) in [5, 5.41) is 23.6. The third-order valence-electron chi connectivity index (χ3n) is 8.33. The molecule has 0 radical (unpaired) electrons. The standard InChI is InChI=1S/C26H34O11/c1-12-10-19-26(25(7,37-26)22(31)36-19)21(35-15(4)29)20-23(5,17(30)11-16(12)33-13(2)27)9-8-18(24(20,6)32)34-14(3)28/h8-10,16-21,30,32H,11H2,1-7H3/b12-10-/t16-,17+,18+,19+,20-,21+,23-,24+,25+,26+/m1/s1. The average molecular weight is 523 g/mol. The van der Waals surface area contributed by atoms with Crippen molar-refractivity contribution in [1.29, 1.82) is 0 Å². The second kappa shape index (κ2) is 8.64. The van der Waals surface area contributed by atoms with Gasteiger partial charge in [0.1, 0.15) is 23.9 Å². The zero-order chi connectivity index (χ0) is 27.7. The summed E-state index contributed by atoms with van der Waals surface area (Å²) in [4.78, 5) is 49.2. The van der Waals surface area contributed by atoms with Crippen LogP contribution in [0.3, 0.4) is 0 Å². The Morgan fingerprint density at radius 3 is 2.16 bits per heavy atom. The maximum atomic E-state index is 13.0. The summed E-state index contributed by atoms with van der Waals surface area (Å²) in [5.41, 5.74) is -5.85. The second-order valence-corrected chi connectivity index (χ2v) is 11.0. The normalized spacial score (nSPS) is 47.7. The van der Waals surface area contributed by atoms with Crippen molar-refractivity contribution >= 4 is 23.9 Å². The number of aliphatic hydroxyl groups excluding tert-OH is 1. The van der Waals surface area contributed by atoms with E-state index in [-0.39, 0.29) is 6.42 Å². The van der Waals surface area contributed by atoms with Gasteiger partial charge in [-0.3, -0.25) is 14.4 Å². The molecule has 0 amide bonds. The number of aliphatic hydroxyl groups is 2. The third kappa shape index (κ3) is 3.98. The summed E-state index contributed by atoms with van der Waals surface area (Å²) in [6.07, 6.45) is -1.15. The van der Waals surface area contributed by atoms with Gasteiger partial charge in [0.05, 0.1) is 6.10 Å². The van der Waals surface area contributed by atoms with E-state index in [0.29, 0.717) is 5.57 Å². The quantitative estimate of drug-likeness (QED) is 0.235. The van der Waals surface area contributed by atoms with Gasteiger partial charge in [-0.2, -0.15) is 0 Å². The predicted octanol–water partition coefficient (Wildman–Crippen LogP) is 0.889. The smallest absolute Gasteiger partial charge is 0.342 e. The molecule has 2 fully saturated rings. The van der Waals surface area contributed by atoms with E-state index in [0.717, 1.165) is 0 Å². The number of ether oxygens (including phenoxy) is 5. The first-order valence-corrected chi connectivity index (χ1v) is 12.2. The molecule has 0 bridgehead atoms. The summed E-state index contributed by atoms with van der Waals surface area (Å²) in [5.74, 6) is -3.80. The minimum atomic E-state index is -1.91. The van der Waals surface area contributed by atoms with E-state index in [1.54, 1.807) is 26.0 Å². The zero-order valence-corrected chi connectivity index (χ0v) is 22.0. The van der Waals surface area contributed by atoms with Crippen molar-refractivity contribution in [1.82, 2.24) is 0 Å². The minimum Gasteiger partial charge on any atom is -0.459 e. The molecule has 2 N–H and O–H groups in total. The van der Waals surface area contributed by atoms with Crippen LogP contribution in [0.4, 0.5) is 0 Å². The summed E-state index contributed by atoms with van der Waals surface area (Å²) in [6, 6.07) is 0. The van der Waals surface area contributed by atoms with Crippen LogP contribution in [0.25, 0.3) is 0 Å². The Kier molecular flexibility index (Phi) is 6.37. The van der Waals surface area contributed by atoms with Crippen LogP contribution in [-0.4, -0.2) is 81.4 Å². The molecule has 2 aliphatic carbocycles. The molecule has 10 atom stereocenters. The van der Waals surface area contributed by atoms with E-state index >= 15 is 0 Å². The maximum Gasteiger partial charge on any atom is 0.342 e. The summed E-state index contributed by atoms with van der Waals surface area (Å²) in [6.45, 7) is 9.87. The van der Waals surface area contributed by atoms with E-state index in [2.05, 4.69) is 0 Å². The molecule has 4 aliphatic rings. The first-order chi connectivity index (χ1) is 17.0. The molecule has 11 nitrogen and oxygen atoms in total. The fourth-order valence-electron chi connectivity index (χ4n) is 6.41. The molecular weight excluding hydrogens is 488 g/mol. The van der Waals surface area contributed by atoms with E-state index in [4.69, 9.17) is 23.7 Å². The van der Waals surface area contributed by atoms with Crippen LogP contribution in [0, 0.1) is 11.3 Å². The molecule has 0 saturated carbocycles. The monoisotopic (exact) mass is 522 g/mol. The first-order valence-electron chi connectivity index (χ1n) is 12.2. The highest BCUT2D eigenvalue weighted by atomic mass is 16.7. The van der Waals surface area contributed by atoms with Crippen LogP contribution in [0.2, 0.25) is 0 Å². The Labute approximate surface area is 214 Å². The number of hydrogen-bond donors (Lipinski definition) is 2. The molecule has 2 aliphatic heterocycles. The van der Waals surface area contributed by atoms with Crippen LogP contribution in [-0.2, 0) is 42.9 Å². The molecular formula is C26H34O11. The van der Waals surface area contributed by atoms with Gasteiger partial charge in [0.2, 0.25) is 0 Å². The molecule has 2 heterocycles. The number of hydrogen-bond acceptors (Lipinski definition) is 11. The number of epoxide rings is 1. The molecule has 11 heteroatoms. The zero-order valence-electron chi connectivity index (χ0n) is 22.0. The van der Waals surface area contributed by atoms with E-state index in [1.807, 2.05) is 0 Å². The Morgan fingerprint density at radius 1 is 1.03 bits per heavy atom. The largest absolute Gasteiger partial charge is 0.459 e. The van der Waals surface area contributed by atoms with Crippen molar-refractivity contribution < 1.29 is 53.1 Å². The summed E-state index contributed by atoms with van der Waals surface area (Å²) < 4.78 is 28.5. The average Bonchev–Trinajstić information content (AvgIpc) is 3.34. The van der Waals surface area contributed by atoms with E-state index in [1.165, 1.54) is 40.7 Å². The van der Waals surface area contributed by atoms with Gasteiger partial charge in [0.15, 0.2) is 17.3 Å². The van der Waals surface area contributed by atoms with Gasteiger partial charge in [0, 0.05) is 38.5 Å². The minimum absolute atomic E-state index is 0.0772. The molecule has 0 aromatic rings. The lowest BCUT2D eigenvalue weighted by atomic mass is 9.55. The highest BCUT2D eigenvalue weighted by Crippen LogP contribution is 2.65. The molecule has 204 valence electrons. The highest BCUT2D eigenvalue weighted by molar-refractivity contribution is 5.89. The maximum absolute atomic E-state index is 13.0. The van der Waals surface area contributed by atoms with Gasteiger partial charge in [-0.05, 0) is 38.5 Å². The lowest BCUT2D eigenvalue weighted by Gasteiger charge is -2.54. The van der Waals surface area contributed by atoms with Crippen molar-refractivity contribution in [3.05, 3.63) is 23.8 Å². The van der Waals surface area contributed by atoms with Crippen LogP contribution in [0.1, 0.15) is 54.9 Å². The lowest BCUT2D eigenvalue weighted by Crippen LogP contribution is -2.67. The van der Waals surface area contributed by atoms with Crippen molar-refractivity contribution in [3.8, 4) is 0 Å². The van der Waals surface area contributed by atoms with Gasteiger partial charge >= 0.3 is 23.9 Å². The van der Waals surface area contributed by atoms with Gasteiger partial charge in [-0.15, -0.1) is 0 Å².